The van der Waals surface area contributed by atoms with E-state index < -0.39 is 5.82 Å². The van der Waals surface area contributed by atoms with Crippen molar-refractivity contribution in [2.45, 2.75) is 11.7 Å². The van der Waals surface area contributed by atoms with Crippen molar-refractivity contribution in [1.82, 2.24) is 14.9 Å². The molecule has 0 radical (unpaired) electrons. The van der Waals surface area contributed by atoms with Gasteiger partial charge in [-0.05, 0) is 18.4 Å². The molecule has 8 heteroatoms. The van der Waals surface area contributed by atoms with Crippen molar-refractivity contribution >= 4 is 35.1 Å². The van der Waals surface area contributed by atoms with Crippen molar-refractivity contribution in [3.8, 4) is 0 Å². The average Bonchev–Trinajstić information content (AvgIpc) is 2.52. The minimum atomic E-state index is -0.430. The number of nitrogens with zero attached hydrogens (tertiary/aromatic N) is 3. The van der Waals surface area contributed by atoms with Crippen molar-refractivity contribution < 1.29 is 9.18 Å². The number of carbonyl (C=O) groups is 1. The Morgan fingerprint density at radius 1 is 1.50 bits per heavy atom. The summed E-state index contributed by atoms with van der Waals surface area (Å²) in [5.41, 5.74) is 0.668. The quantitative estimate of drug-likeness (QED) is 0.688. The van der Waals surface area contributed by atoms with Gasteiger partial charge in [0.15, 0.2) is 5.16 Å². The van der Waals surface area contributed by atoms with E-state index >= 15 is 0 Å². The summed E-state index contributed by atoms with van der Waals surface area (Å²) in [6.07, 6.45) is 3.34. The summed E-state index contributed by atoms with van der Waals surface area (Å²) in [5, 5.41) is 3.94. The Morgan fingerprint density at radius 2 is 2.32 bits per heavy atom. The fourth-order valence-corrected chi connectivity index (χ4v) is 2.73. The fourth-order valence-electron chi connectivity index (χ4n) is 2.17. The number of thioether (sulfide) groups is 1. The SMILES string of the molecule is CSc1ncc2c(n1)NCN(Cc1c(F)cccc1Cl)C2=O. The summed E-state index contributed by atoms with van der Waals surface area (Å²) < 4.78 is 13.9. The maximum Gasteiger partial charge on any atom is 0.260 e. The average molecular weight is 339 g/mol. The molecule has 1 aromatic carbocycles. The number of hydrogen-bond acceptors (Lipinski definition) is 5. The van der Waals surface area contributed by atoms with Crippen molar-refractivity contribution in [2.75, 3.05) is 18.2 Å². The summed E-state index contributed by atoms with van der Waals surface area (Å²) in [7, 11) is 0. The van der Waals surface area contributed by atoms with Gasteiger partial charge in [-0.25, -0.2) is 14.4 Å². The Kier molecular flexibility index (Phi) is 4.17. The van der Waals surface area contributed by atoms with Crippen molar-refractivity contribution in [1.29, 1.82) is 0 Å². The van der Waals surface area contributed by atoms with Crippen LogP contribution in [0.3, 0.4) is 0 Å². The van der Waals surface area contributed by atoms with Crippen LogP contribution in [0.2, 0.25) is 5.02 Å². The van der Waals surface area contributed by atoms with Gasteiger partial charge in [-0.2, -0.15) is 0 Å². The third-order valence-corrected chi connectivity index (χ3v) is 4.23. The molecule has 0 bridgehead atoms. The van der Waals surface area contributed by atoms with E-state index in [0.717, 1.165) is 0 Å². The highest BCUT2D eigenvalue weighted by Crippen LogP contribution is 2.26. The fraction of sp³-hybridized carbons (Fsp3) is 0.214. The molecule has 5 nitrogen and oxygen atoms in total. The number of amides is 1. The first kappa shape index (κ1) is 15.1. The Balaban J connectivity index is 1.87. The zero-order chi connectivity index (χ0) is 15.7. The van der Waals surface area contributed by atoms with Gasteiger partial charge in [0.05, 0.1) is 13.2 Å². The monoisotopic (exact) mass is 338 g/mol. The summed E-state index contributed by atoms with van der Waals surface area (Å²) in [4.78, 5) is 22.3. The molecule has 1 aliphatic rings. The molecule has 1 aliphatic heterocycles. The maximum absolute atomic E-state index is 13.9. The van der Waals surface area contributed by atoms with Crippen LogP contribution < -0.4 is 5.32 Å². The molecule has 1 aromatic heterocycles. The highest BCUT2D eigenvalue weighted by molar-refractivity contribution is 7.98. The topological polar surface area (TPSA) is 58.1 Å². The molecule has 0 fully saturated rings. The minimum absolute atomic E-state index is 0.0844. The van der Waals surface area contributed by atoms with Gasteiger partial charge in [0.1, 0.15) is 17.2 Å². The largest absolute Gasteiger partial charge is 0.352 e. The van der Waals surface area contributed by atoms with Crippen LogP contribution in [0.5, 0.6) is 0 Å². The normalized spacial score (nSPS) is 13.8. The molecular weight excluding hydrogens is 327 g/mol. The number of nitrogens with one attached hydrogen (secondary N) is 1. The number of rotatable bonds is 3. The summed E-state index contributed by atoms with van der Waals surface area (Å²) in [6.45, 7) is 0.322. The molecule has 0 unspecified atom stereocenters. The van der Waals surface area contributed by atoms with Crippen LogP contribution >= 0.6 is 23.4 Å². The van der Waals surface area contributed by atoms with Gasteiger partial charge < -0.3 is 10.2 Å². The van der Waals surface area contributed by atoms with Crippen molar-refractivity contribution in [2.24, 2.45) is 0 Å². The number of anilines is 1. The van der Waals surface area contributed by atoms with Crippen LogP contribution in [-0.4, -0.2) is 33.7 Å². The Hall–Kier alpha value is -1.86. The van der Waals surface area contributed by atoms with E-state index in [4.69, 9.17) is 11.6 Å². The number of benzene rings is 1. The number of carbonyl (C=O) groups excluding carboxylic acids is 1. The molecular formula is C14H12ClFN4OS. The molecule has 3 rings (SSSR count). The summed E-state index contributed by atoms with van der Waals surface area (Å²) >= 11 is 7.41. The highest BCUT2D eigenvalue weighted by Gasteiger charge is 2.27. The zero-order valence-electron chi connectivity index (χ0n) is 11.6. The number of halogens is 2. The van der Waals surface area contributed by atoms with Crippen LogP contribution in [-0.2, 0) is 6.54 Å². The zero-order valence-corrected chi connectivity index (χ0v) is 13.2. The second kappa shape index (κ2) is 6.10. The second-order valence-corrected chi connectivity index (χ2v) is 5.84. The van der Waals surface area contributed by atoms with Crippen LogP contribution in [0.15, 0.2) is 29.6 Å². The van der Waals surface area contributed by atoms with Crippen LogP contribution in [0.1, 0.15) is 15.9 Å². The highest BCUT2D eigenvalue weighted by atomic mass is 35.5. The Morgan fingerprint density at radius 3 is 3.05 bits per heavy atom. The predicted molar refractivity (Wildman–Crippen MR) is 83.6 cm³/mol. The number of aromatic nitrogens is 2. The van der Waals surface area contributed by atoms with Gasteiger partial charge in [-0.1, -0.05) is 29.4 Å². The van der Waals surface area contributed by atoms with E-state index in [1.54, 1.807) is 6.07 Å². The van der Waals surface area contributed by atoms with Gasteiger partial charge in [0.2, 0.25) is 0 Å². The lowest BCUT2D eigenvalue weighted by Gasteiger charge is -2.29. The van der Waals surface area contributed by atoms with E-state index in [1.807, 2.05) is 6.26 Å². The van der Waals surface area contributed by atoms with Crippen molar-refractivity contribution in [3.05, 3.63) is 46.4 Å². The molecule has 2 aromatic rings. The van der Waals surface area contributed by atoms with E-state index in [2.05, 4.69) is 15.3 Å². The smallest absolute Gasteiger partial charge is 0.260 e. The van der Waals surface area contributed by atoms with E-state index in [0.29, 0.717) is 27.1 Å². The van der Waals surface area contributed by atoms with E-state index in [-0.39, 0.29) is 19.1 Å². The van der Waals surface area contributed by atoms with E-state index in [9.17, 15) is 9.18 Å². The van der Waals surface area contributed by atoms with Crippen LogP contribution in [0.4, 0.5) is 10.2 Å². The predicted octanol–water partition coefficient (Wildman–Crippen LogP) is 3.02. The molecule has 0 saturated carbocycles. The molecule has 1 N–H and O–H groups in total. The van der Waals surface area contributed by atoms with E-state index in [1.165, 1.54) is 35.0 Å². The minimum Gasteiger partial charge on any atom is -0.352 e. The molecule has 0 aliphatic carbocycles. The Bertz CT molecular complexity index is 723. The molecule has 0 spiro atoms. The second-order valence-electron chi connectivity index (χ2n) is 4.66. The lowest BCUT2D eigenvalue weighted by Crippen LogP contribution is -2.40. The number of fused-ring (bicyclic) bond motifs is 1. The number of hydrogen-bond donors (Lipinski definition) is 1. The van der Waals surface area contributed by atoms with Crippen LogP contribution in [0, 0.1) is 5.82 Å². The maximum atomic E-state index is 13.9. The third-order valence-electron chi connectivity index (χ3n) is 3.31. The summed E-state index contributed by atoms with van der Waals surface area (Å²) in [5.74, 6) is -0.180. The molecule has 0 atom stereocenters. The standard InChI is InChI=1S/C14H12ClFN4OS/c1-22-14-17-5-8-12(19-14)18-7-20(13(8)21)6-9-10(15)3-2-4-11(9)16/h2-5H,6-7H2,1H3,(H,17,18,19). The van der Waals surface area contributed by atoms with Gasteiger partial charge >= 0.3 is 0 Å². The lowest BCUT2D eigenvalue weighted by molar-refractivity contribution is 0.0743. The van der Waals surface area contributed by atoms with Crippen molar-refractivity contribution in [3.63, 3.8) is 0 Å². The van der Waals surface area contributed by atoms with Crippen LogP contribution in [0.25, 0.3) is 0 Å². The molecule has 22 heavy (non-hydrogen) atoms. The third kappa shape index (κ3) is 2.74. The first-order valence-corrected chi connectivity index (χ1v) is 8.07. The summed E-state index contributed by atoms with van der Waals surface area (Å²) in [6, 6.07) is 4.46. The molecule has 114 valence electrons. The van der Waals surface area contributed by atoms with Gasteiger partial charge in [0, 0.05) is 16.8 Å². The first-order valence-electron chi connectivity index (χ1n) is 6.47. The Labute approximate surface area is 135 Å². The molecule has 1 amide bonds. The first-order chi connectivity index (χ1) is 10.6. The van der Waals surface area contributed by atoms with Gasteiger partial charge in [-0.15, -0.1) is 0 Å². The van der Waals surface area contributed by atoms with Gasteiger partial charge in [-0.3, -0.25) is 4.79 Å². The lowest BCUT2D eigenvalue weighted by atomic mass is 10.1. The molecule has 2 heterocycles. The van der Waals surface area contributed by atoms with Gasteiger partial charge in [0.25, 0.3) is 5.91 Å². The molecule has 0 saturated heterocycles.